The largest absolute Gasteiger partial charge is 0.460 e. The normalized spacial score (nSPS) is 18.8. The van der Waals surface area contributed by atoms with E-state index in [-0.39, 0.29) is 11.1 Å². The number of nitrogens with two attached hydrogens (primary N) is 1. The Morgan fingerprint density at radius 2 is 2.31 bits per heavy atom. The number of hydrogen-bond acceptors (Lipinski definition) is 4. The second-order valence-corrected chi connectivity index (χ2v) is 3.45. The number of carbonyl (C=O) groups is 1. The molecule has 1 aliphatic heterocycles. The summed E-state index contributed by atoms with van der Waals surface area (Å²) in [6.07, 6.45) is 0.942. The maximum absolute atomic E-state index is 11.0. The summed E-state index contributed by atoms with van der Waals surface area (Å²) in [5.74, 6) is -0.528. The molecule has 1 rings (SSSR count). The lowest BCUT2D eigenvalue weighted by Gasteiger charge is -2.39. The van der Waals surface area contributed by atoms with Gasteiger partial charge in [0.1, 0.15) is 12.3 Å². The Morgan fingerprint density at radius 3 is 2.62 bits per heavy atom. The lowest BCUT2D eigenvalue weighted by molar-refractivity contribution is -0.167. The first-order valence-electron chi connectivity index (χ1n) is 4.29. The van der Waals surface area contributed by atoms with Crippen molar-refractivity contribution < 1.29 is 14.3 Å². The summed E-state index contributed by atoms with van der Waals surface area (Å²) in [6.45, 7) is 7.04. The monoisotopic (exact) mass is 185 g/mol. The molecule has 0 spiro atoms. The molecule has 0 atom stereocenters. The van der Waals surface area contributed by atoms with Crippen molar-refractivity contribution in [2.75, 3.05) is 19.8 Å². The van der Waals surface area contributed by atoms with Crippen molar-refractivity contribution >= 4 is 5.97 Å². The van der Waals surface area contributed by atoms with Gasteiger partial charge in [0.25, 0.3) is 0 Å². The van der Waals surface area contributed by atoms with Crippen LogP contribution in [0.5, 0.6) is 0 Å². The van der Waals surface area contributed by atoms with E-state index in [1.807, 2.05) is 6.92 Å². The van der Waals surface area contributed by atoms with Crippen molar-refractivity contribution in [3.05, 3.63) is 12.3 Å². The van der Waals surface area contributed by atoms with Crippen LogP contribution in [-0.4, -0.2) is 25.8 Å². The van der Waals surface area contributed by atoms with Gasteiger partial charge in [-0.2, -0.15) is 0 Å². The first-order valence-corrected chi connectivity index (χ1v) is 4.29. The maximum atomic E-state index is 11.0. The molecule has 4 nitrogen and oxygen atoms in total. The zero-order valence-electron chi connectivity index (χ0n) is 7.84. The fourth-order valence-electron chi connectivity index (χ4n) is 1.09. The van der Waals surface area contributed by atoms with Crippen LogP contribution >= 0.6 is 0 Å². The third-order valence-electron chi connectivity index (χ3n) is 2.34. The van der Waals surface area contributed by atoms with Crippen LogP contribution in [-0.2, 0) is 14.3 Å². The lowest BCUT2D eigenvalue weighted by Crippen LogP contribution is -2.46. The van der Waals surface area contributed by atoms with Gasteiger partial charge in [-0.1, -0.05) is 13.5 Å². The van der Waals surface area contributed by atoms with Crippen LogP contribution < -0.4 is 5.73 Å². The summed E-state index contributed by atoms with van der Waals surface area (Å²) in [5.41, 5.74) is 5.14. The fraction of sp³-hybridized carbons (Fsp3) is 0.667. The molecule has 1 heterocycles. The van der Waals surface area contributed by atoms with Crippen molar-refractivity contribution in [3.63, 3.8) is 0 Å². The summed E-state index contributed by atoms with van der Waals surface area (Å²) in [4.78, 5) is 11.0. The van der Waals surface area contributed by atoms with Gasteiger partial charge in [-0.3, -0.25) is 0 Å². The number of ether oxygens (including phenoxy) is 2. The van der Waals surface area contributed by atoms with Gasteiger partial charge in [-0.25, -0.2) is 4.79 Å². The number of carbonyl (C=O) groups excluding carboxylic acids is 1. The standard InChI is InChI=1S/C9H15NO3/c1-3-9(4-12-5-9)6-13-8(11)7(2)10/h2-6,10H2,1H3. The van der Waals surface area contributed by atoms with Gasteiger partial charge in [0.2, 0.25) is 0 Å². The predicted molar refractivity (Wildman–Crippen MR) is 47.8 cm³/mol. The summed E-state index contributed by atoms with van der Waals surface area (Å²) in [6, 6.07) is 0. The Hall–Kier alpha value is -1.03. The van der Waals surface area contributed by atoms with Crippen molar-refractivity contribution in [1.29, 1.82) is 0 Å². The van der Waals surface area contributed by atoms with E-state index in [2.05, 4.69) is 6.58 Å². The third kappa shape index (κ3) is 2.21. The highest BCUT2D eigenvalue weighted by Crippen LogP contribution is 2.31. The number of rotatable bonds is 4. The van der Waals surface area contributed by atoms with Crippen LogP contribution in [0.1, 0.15) is 13.3 Å². The van der Waals surface area contributed by atoms with E-state index in [4.69, 9.17) is 15.2 Å². The smallest absolute Gasteiger partial charge is 0.353 e. The van der Waals surface area contributed by atoms with Gasteiger partial charge in [0, 0.05) is 0 Å². The molecule has 0 aliphatic carbocycles. The van der Waals surface area contributed by atoms with Gasteiger partial charge in [-0.15, -0.1) is 0 Å². The summed E-state index contributed by atoms with van der Waals surface area (Å²) in [5, 5.41) is 0. The zero-order valence-corrected chi connectivity index (χ0v) is 7.84. The average molecular weight is 185 g/mol. The molecule has 0 bridgehead atoms. The Bertz CT molecular complexity index is 215. The number of esters is 1. The van der Waals surface area contributed by atoms with Crippen LogP contribution in [0.15, 0.2) is 12.3 Å². The first kappa shape index (κ1) is 10.1. The summed E-state index contributed by atoms with van der Waals surface area (Å²) in [7, 11) is 0. The van der Waals surface area contributed by atoms with Crippen LogP contribution in [0.25, 0.3) is 0 Å². The molecule has 4 heteroatoms. The molecule has 2 N–H and O–H groups in total. The first-order chi connectivity index (χ1) is 6.09. The molecule has 74 valence electrons. The third-order valence-corrected chi connectivity index (χ3v) is 2.34. The van der Waals surface area contributed by atoms with Crippen LogP contribution in [0.3, 0.4) is 0 Å². The quantitative estimate of drug-likeness (QED) is 0.509. The molecule has 0 radical (unpaired) electrons. The van der Waals surface area contributed by atoms with Crippen molar-refractivity contribution in [1.82, 2.24) is 0 Å². The SMILES string of the molecule is C=C(N)C(=O)OCC1(CC)COC1. The minimum atomic E-state index is -0.528. The van der Waals surface area contributed by atoms with Gasteiger partial charge in [0.05, 0.1) is 18.6 Å². The van der Waals surface area contributed by atoms with Crippen LogP contribution in [0, 0.1) is 5.41 Å². The Labute approximate surface area is 77.7 Å². The van der Waals surface area contributed by atoms with E-state index in [1.165, 1.54) is 0 Å². The minimum absolute atomic E-state index is 0.0190. The van der Waals surface area contributed by atoms with Crippen molar-refractivity contribution in [3.8, 4) is 0 Å². The summed E-state index contributed by atoms with van der Waals surface area (Å²) >= 11 is 0. The molecule has 0 amide bonds. The minimum Gasteiger partial charge on any atom is -0.460 e. The molecule has 1 fully saturated rings. The van der Waals surface area contributed by atoms with Crippen molar-refractivity contribution in [2.45, 2.75) is 13.3 Å². The predicted octanol–water partition coefficient (Wildman–Crippen LogP) is 0.429. The van der Waals surface area contributed by atoms with Gasteiger partial charge >= 0.3 is 5.97 Å². The Balaban J connectivity index is 2.32. The maximum Gasteiger partial charge on any atom is 0.353 e. The topological polar surface area (TPSA) is 61.6 Å². The highest BCUT2D eigenvalue weighted by molar-refractivity contribution is 5.86. The highest BCUT2D eigenvalue weighted by Gasteiger charge is 2.38. The molecular weight excluding hydrogens is 170 g/mol. The second-order valence-electron chi connectivity index (χ2n) is 3.45. The van der Waals surface area contributed by atoms with Crippen molar-refractivity contribution in [2.24, 2.45) is 11.1 Å². The van der Waals surface area contributed by atoms with E-state index < -0.39 is 5.97 Å². The molecular formula is C9H15NO3. The Morgan fingerprint density at radius 1 is 1.69 bits per heavy atom. The molecule has 1 saturated heterocycles. The van der Waals surface area contributed by atoms with Gasteiger partial charge in [0.15, 0.2) is 0 Å². The molecule has 0 aromatic rings. The summed E-state index contributed by atoms with van der Waals surface area (Å²) < 4.78 is 10.0. The van der Waals surface area contributed by atoms with Gasteiger partial charge in [-0.05, 0) is 6.42 Å². The highest BCUT2D eigenvalue weighted by atomic mass is 16.5. The number of hydrogen-bond donors (Lipinski definition) is 1. The van der Waals surface area contributed by atoms with E-state index in [1.54, 1.807) is 0 Å². The molecule has 0 aromatic carbocycles. The second kappa shape index (κ2) is 3.79. The average Bonchev–Trinajstić information content (AvgIpc) is 2.02. The van der Waals surface area contributed by atoms with E-state index in [0.29, 0.717) is 19.8 Å². The molecule has 0 aromatic heterocycles. The zero-order chi connectivity index (χ0) is 9.90. The lowest BCUT2D eigenvalue weighted by atomic mass is 9.84. The Kier molecular flexibility index (Phi) is 2.93. The van der Waals surface area contributed by atoms with Crippen LogP contribution in [0.4, 0.5) is 0 Å². The van der Waals surface area contributed by atoms with E-state index in [0.717, 1.165) is 6.42 Å². The molecule has 1 aliphatic rings. The molecule has 0 unspecified atom stereocenters. The van der Waals surface area contributed by atoms with Crippen LogP contribution in [0.2, 0.25) is 0 Å². The fourth-order valence-corrected chi connectivity index (χ4v) is 1.09. The van der Waals surface area contributed by atoms with E-state index in [9.17, 15) is 4.79 Å². The van der Waals surface area contributed by atoms with Gasteiger partial charge < -0.3 is 15.2 Å². The molecule has 13 heavy (non-hydrogen) atoms. The van der Waals surface area contributed by atoms with E-state index >= 15 is 0 Å². The molecule has 0 saturated carbocycles.